The summed E-state index contributed by atoms with van der Waals surface area (Å²) in [5, 5.41) is 4.44. The summed E-state index contributed by atoms with van der Waals surface area (Å²) in [6, 6.07) is 7.45. The van der Waals surface area contributed by atoms with E-state index in [1.165, 1.54) is 24.4 Å². The van der Waals surface area contributed by atoms with E-state index in [-0.39, 0.29) is 22.5 Å². The second kappa shape index (κ2) is 6.26. The minimum absolute atomic E-state index is 0.118. The lowest BCUT2D eigenvalue weighted by atomic mass is 10.1. The Balaban J connectivity index is 1.80. The number of halogens is 6. The van der Waals surface area contributed by atoms with Gasteiger partial charge >= 0.3 is 12.5 Å². The van der Waals surface area contributed by atoms with E-state index in [1.807, 2.05) is 0 Å². The molecule has 2 aliphatic rings. The van der Waals surface area contributed by atoms with Gasteiger partial charge in [-0.1, -0.05) is 6.07 Å². The van der Waals surface area contributed by atoms with Crippen LogP contribution in [0.1, 0.15) is 5.56 Å². The van der Waals surface area contributed by atoms with Crippen molar-refractivity contribution >= 4 is 10.9 Å². The maximum atomic E-state index is 12.9. The third-order valence-electron chi connectivity index (χ3n) is 4.17. The van der Waals surface area contributed by atoms with Crippen LogP contribution in [-0.4, -0.2) is 21.1 Å². The standard InChI is InChI=1S/C18H9F6N3O2/c19-17(20,21)9-1-6-12-14(7-9)25-8-13-15(12)26-27(16(13)28)10-2-4-11(5-3-10)29-18(22,23)24/h1-8,25H. The molecule has 0 bridgehead atoms. The van der Waals surface area contributed by atoms with Crippen LogP contribution in [0.3, 0.4) is 0 Å². The molecule has 0 radical (unpaired) electrons. The lowest BCUT2D eigenvalue weighted by Gasteiger charge is -2.09. The van der Waals surface area contributed by atoms with Gasteiger partial charge in [0.2, 0.25) is 0 Å². The average Bonchev–Trinajstić information content (AvgIpc) is 2.97. The normalized spacial score (nSPS) is 12.6. The minimum Gasteiger partial charge on any atom is -0.406 e. The van der Waals surface area contributed by atoms with Gasteiger partial charge in [-0.25, -0.2) is 0 Å². The van der Waals surface area contributed by atoms with Crippen molar-refractivity contribution in [3.63, 3.8) is 0 Å². The molecule has 0 saturated carbocycles. The van der Waals surface area contributed by atoms with E-state index in [1.54, 1.807) is 0 Å². The van der Waals surface area contributed by atoms with Crippen molar-refractivity contribution in [1.29, 1.82) is 0 Å². The molecule has 2 aliphatic heterocycles. The van der Waals surface area contributed by atoms with Crippen molar-refractivity contribution in [3.05, 3.63) is 64.6 Å². The van der Waals surface area contributed by atoms with Crippen LogP contribution in [0.4, 0.5) is 26.3 Å². The number of fused-ring (bicyclic) bond motifs is 3. The van der Waals surface area contributed by atoms with Gasteiger partial charge in [-0.15, -0.1) is 13.2 Å². The van der Waals surface area contributed by atoms with Gasteiger partial charge in [0, 0.05) is 17.1 Å². The van der Waals surface area contributed by atoms with Crippen molar-refractivity contribution in [1.82, 2.24) is 14.8 Å². The number of alkyl halides is 6. The molecule has 11 heteroatoms. The largest absolute Gasteiger partial charge is 0.573 e. The topological polar surface area (TPSA) is 59.9 Å². The summed E-state index contributed by atoms with van der Waals surface area (Å²) < 4.78 is 80.2. The highest BCUT2D eigenvalue weighted by atomic mass is 19.4. The van der Waals surface area contributed by atoms with E-state index in [9.17, 15) is 31.1 Å². The smallest absolute Gasteiger partial charge is 0.406 e. The Labute approximate surface area is 157 Å². The maximum absolute atomic E-state index is 12.9. The summed E-state index contributed by atoms with van der Waals surface area (Å²) >= 11 is 0. The number of aromatic nitrogens is 3. The highest BCUT2D eigenvalue weighted by Gasteiger charge is 2.32. The van der Waals surface area contributed by atoms with Crippen LogP contribution in [0, 0.1) is 0 Å². The molecule has 0 aliphatic carbocycles. The number of nitrogens with one attached hydrogen (secondary N) is 1. The van der Waals surface area contributed by atoms with Crippen LogP contribution in [0.25, 0.3) is 27.8 Å². The molecule has 2 heterocycles. The SMILES string of the molecule is O=c1c2c[nH]c3cc(C(F)(F)F)ccc3c-2nn1-c1ccc(OC(F)(F)F)cc1. The van der Waals surface area contributed by atoms with Crippen LogP contribution < -0.4 is 10.3 Å². The van der Waals surface area contributed by atoms with Gasteiger partial charge in [-0.05, 0) is 36.4 Å². The van der Waals surface area contributed by atoms with Gasteiger partial charge in [0.25, 0.3) is 5.56 Å². The fourth-order valence-corrected chi connectivity index (χ4v) is 2.90. The number of aromatic amines is 1. The van der Waals surface area contributed by atoms with E-state index in [0.717, 1.165) is 28.9 Å². The van der Waals surface area contributed by atoms with Gasteiger partial charge in [-0.3, -0.25) is 4.79 Å². The minimum atomic E-state index is -4.85. The summed E-state index contributed by atoms with van der Waals surface area (Å²) in [4.78, 5) is 15.3. The summed E-state index contributed by atoms with van der Waals surface area (Å²) in [6.07, 6.45) is -8.14. The molecule has 0 spiro atoms. The third-order valence-corrected chi connectivity index (χ3v) is 4.17. The van der Waals surface area contributed by atoms with Crippen LogP contribution >= 0.6 is 0 Å². The number of hydrogen-bond donors (Lipinski definition) is 1. The number of H-pyrrole nitrogens is 1. The van der Waals surface area contributed by atoms with Crippen molar-refractivity contribution in [2.75, 3.05) is 0 Å². The van der Waals surface area contributed by atoms with Crippen molar-refractivity contribution in [2.24, 2.45) is 0 Å². The quantitative estimate of drug-likeness (QED) is 0.483. The third kappa shape index (κ3) is 3.50. The molecular formula is C18H9F6N3O2. The Morgan fingerprint density at radius 1 is 0.966 bits per heavy atom. The molecule has 0 aromatic heterocycles. The molecule has 2 aromatic carbocycles. The number of benzene rings is 2. The van der Waals surface area contributed by atoms with Gasteiger partial charge in [-0.2, -0.15) is 23.0 Å². The Morgan fingerprint density at radius 3 is 2.28 bits per heavy atom. The van der Waals surface area contributed by atoms with Crippen molar-refractivity contribution < 1.29 is 31.1 Å². The number of nitrogens with zero attached hydrogens (tertiary/aromatic N) is 2. The fraction of sp³-hybridized carbons (Fsp3) is 0.111. The van der Waals surface area contributed by atoms with Gasteiger partial charge < -0.3 is 9.72 Å². The Bertz CT molecular complexity index is 1220. The molecule has 150 valence electrons. The molecule has 0 atom stereocenters. The second-order valence-corrected chi connectivity index (χ2v) is 6.07. The first kappa shape index (κ1) is 18.8. The van der Waals surface area contributed by atoms with Crippen LogP contribution in [0.2, 0.25) is 0 Å². The van der Waals surface area contributed by atoms with E-state index in [2.05, 4.69) is 14.8 Å². The van der Waals surface area contributed by atoms with Crippen molar-refractivity contribution in [3.8, 4) is 22.7 Å². The van der Waals surface area contributed by atoms with Gasteiger partial charge in [0.15, 0.2) is 0 Å². The first-order valence-corrected chi connectivity index (χ1v) is 8.00. The summed E-state index contributed by atoms with van der Waals surface area (Å²) in [5.41, 5.74) is -0.863. The highest BCUT2D eigenvalue weighted by molar-refractivity contribution is 5.93. The molecule has 4 rings (SSSR count). The molecule has 0 saturated heterocycles. The molecule has 5 nitrogen and oxygen atoms in total. The molecule has 0 amide bonds. The number of pyridine rings is 1. The summed E-state index contributed by atoms with van der Waals surface area (Å²) in [7, 11) is 0. The molecule has 1 N–H and O–H groups in total. The lowest BCUT2D eigenvalue weighted by molar-refractivity contribution is -0.274. The molecule has 0 fully saturated rings. The maximum Gasteiger partial charge on any atom is 0.573 e. The second-order valence-electron chi connectivity index (χ2n) is 6.07. The summed E-state index contributed by atoms with van der Waals surface area (Å²) in [6.45, 7) is 0. The zero-order chi connectivity index (χ0) is 21.0. The van der Waals surface area contributed by atoms with Crippen LogP contribution in [0.5, 0.6) is 5.75 Å². The van der Waals surface area contributed by atoms with Crippen molar-refractivity contribution in [2.45, 2.75) is 12.5 Å². The number of ether oxygens (including phenoxy) is 1. The lowest BCUT2D eigenvalue weighted by Crippen LogP contribution is -2.17. The molecule has 2 aromatic rings. The van der Waals surface area contributed by atoms with Gasteiger partial charge in [0.05, 0.1) is 16.8 Å². The molecule has 0 unspecified atom stereocenters. The number of rotatable bonds is 2. The van der Waals surface area contributed by atoms with E-state index in [0.29, 0.717) is 5.39 Å². The monoisotopic (exact) mass is 413 g/mol. The number of hydrogen-bond acceptors (Lipinski definition) is 3. The van der Waals surface area contributed by atoms with E-state index < -0.39 is 29.4 Å². The van der Waals surface area contributed by atoms with Gasteiger partial charge in [0.1, 0.15) is 11.4 Å². The first-order valence-electron chi connectivity index (χ1n) is 8.00. The predicted molar refractivity (Wildman–Crippen MR) is 90.0 cm³/mol. The average molecular weight is 413 g/mol. The zero-order valence-corrected chi connectivity index (χ0v) is 14.1. The van der Waals surface area contributed by atoms with Crippen LogP contribution in [-0.2, 0) is 6.18 Å². The zero-order valence-electron chi connectivity index (χ0n) is 14.1. The van der Waals surface area contributed by atoms with Crippen LogP contribution in [0.15, 0.2) is 53.5 Å². The fourth-order valence-electron chi connectivity index (χ4n) is 2.90. The Hall–Kier alpha value is -3.50. The molecular weight excluding hydrogens is 404 g/mol. The highest BCUT2D eigenvalue weighted by Crippen LogP contribution is 2.33. The van der Waals surface area contributed by atoms with E-state index >= 15 is 0 Å². The first-order chi connectivity index (χ1) is 13.5. The summed E-state index contributed by atoms with van der Waals surface area (Å²) in [5.74, 6) is -0.469. The Kier molecular flexibility index (Phi) is 4.07. The predicted octanol–water partition coefficient (Wildman–Crippen LogP) is 4.74. The molecule has 29 heavy (non-hydrogen) atoms. The van der Waals surface area contributed by atoms with E-state index in [4.69, 9.17) is 0 Å². The Morgan fingerprint density at radius 2 is 1.66 bits per heavy atom.